The molecule has 3 aromatic heterocycles. The summed E-state index contributed by atoms with van der Waals surface area (Å²) in [4.78, 5) is 43.0. The first-order chi connectivity index (χ1) is 28.0. The number of carbonyl (C=O) groups is 1. The van der Waals surface area contributed by atoms with Gasteiger partial charge in [0.2, 0.25) is 0 Å². The van der Waals surface area contributed by atoms with E-state index in [0.29, 0.717) is 78.9 Å². The Kier molecular flexibility index (Phi) is 9.15. The van der Waals surface area contributed by atoms with Gasteiger partial charge in [-0.25, -0.2) is 14.8 Å². The van der Waals surface area contributed by atoms with Crippen molar-refractivity contribution in [1.82, 2.24) is 9.97 Å². The Hall–Kier alpha value is -4.83. The Balaban J connectivity index is 1.01. The van der Waals surface area contributed by atoms with Gasteiger partial charge in [0.1, 0.15) is 76.6 Å². The predicted octanol–water partition coefficient (Wildman–Crippen LogP) is 5.46. The molecule has 2 saturated heterocycles. The van der Waals surface area contributed by atoms with Gasteiger partial charge >= 0.3 is 5.97 Å². The summed E-state index contributed by atoms with van der Waals surface area (Å²) < 4.78 is 25.7. The average Bonchev–Trinajstić information content (AvgIpc) is 3.45. The quantitative estimate of drug-likeness (QED) is 0.113. The van der Waals surface area contributed by atoms with Gasteiger partial charge in [-0.2, -0.15) is 0 Å². The second-order valence-electron chi connectivity index (χ2n) is 16.5. The van der Waals surface area contributed by atoms with Gasteiger partial charge in [0.15, 0.2) is 11.0 Å². The standard InChI is InChI=1S/C43H44N6O7S2/c1-22-13-31(50)37-32(53-22)17-33-36(38(37)51)26-5-3-4-9-43-34(56-43)7-6-23-14-29(48-35(44)15-23)27-16-25(19-49-18-24-8-11-46-30(24)20-49)47-40(45)28(27)21-58-57-12-10-42(2,55-33)39(26)54-41(43)52/h8,11,13-17,20,26,34,39,51H,3-7,9-10,12,18-19,21H2,1-2H3,(H2,44,48)(H2,45,47)/p+1/t26-,34-,39-,42+,43+/m1/s1. The van der Waals surface area contributed by atoms with Crippen LogP contribution in [0.4, 0.5) is 11.6 Å². The Morgan fingerprint density at radius 2 is 1.93 bits per heavy atom. The highest BCUT2D eigenvalue weighted by Gasteiger charge is 2.64. The molecule has 300 valence electrons. The summed E-state index contributed by atoms with van der Waals surface area (Å²) in [5.74, 6) is 1.92. The minimum atomic E-state index is -1.08. The number of hydrogen-bond donors (Lipinski definition) is 4. The summed E-state index contributed by atoms with van der Waals surface area (Å²) in [6, 6.07) is 9.13. The maximum Gasteiger partial charge on any atom is 0.341 e. The van der Waals surface area contributed by atoms with Crippen molar-refractivity contribution in [3.05, 3.63) is 92.2 Å². The Bertz CT molecular complexity index is 2560. The first kappa shape index (κ1) is 37.4. The van der Waals surface area contributed by atoms with Gasteiger partial charge in [0.05, 0.1) is 17.5 Å². The molecule has 4 aromatic rings. The molecule has 0 aliphatic carbocycles. The fraction of sp³-hybridized carbons (Fsp3) is 0.419. The smallest absolute Gasteiger partial charge is 0.341 e. The highest BCUT2D eigenvalue weighted by molar-refractivity contribution is 8.76. The van der Waals surface area contributed by atoms with E-state index in [1.807, 2.05) is 19.2 Å². The summed E-state index contributed by atoms with van der Waals surface area (Å²) in [7, 11) is 3.33. The lowest BCUT2D eigenvalue weighted by molar-refractivity contribution is -0.852. The fourth-order valence-corrected chi connectivity index (χ4v) is 11.9. The summed E-state index contributed by atoms with van der Waals surface area (Å²) in [6.45, 7) is 5.16. The molecule has 2 fully saturated rings. The van der Waals surface area contributed by atoms with E-state index in [9.17, 15) is 14.7 Å². The van der Waals surface area contributed by atoms with Gasteiger partial charge in [0.25, 0.3) is 0 Å². The van der Waals surface area contributed by atoms with Crippen LogP contribution in [0.15, 0.2) is 68.1 Å². The van der Waals surface area contributed by atoms with E-state index in [1.54, 1.807) is 34.6 Å². The number of aromatic nitrogens is 2. The molecule has 10 rings (SSSR count). The van der Waals surface area contributed by atoms with Crippen molar-refractivity contribution < 1.29 is 33.4 Å². The van der Waals surface area contributed by atoms with Crippen molar-refractivity contribution in [1.29, 1.82) is 0 Å². The Labute approximate surface area is 342 Å². The maximum atomic E-state index is 14.4. The number of anilines is 2. The predicted molar refractivity (Wildman–Crippen MR) is 224 cm³/mol. The third-order valence-corrected chi connectivity index (χ3v) is 14.8. The highest BCUT2D eigenvalue weighted by Crippen LogP contribution is 2.55. The molecule has 58 heavy (non-hydrogen) atoms. The van der Waals surface area contributed by atoms with Crippen LogP contribution >= 0.6 is 21.6 Å². The zero-order chi connectivity index (χ0) is 39.9. The molecule has 6 aliphatic rings. The highest BCUT2D eigenvalue weighted by atomic mass is 33.1. The van der Waals surface area contributed by atoms with Crippen LogP contribution in [-0.2, 0) is 33.0 Å². The number of ether oxygens (including phenoxy) is 3. The number of benzene rings is 1. The summed E-state index contributed by atoms with van der Waals surface area (Å²) in [5.41, 5.74) is 18.2. The molecule has 0 amide bonds. The molecule has 1 unspecified atom stereocenters. The largest absolute Gasteiger partial charge is 0.507 e. The number of aryl methyl sites for hydroxylation is 2. The van der Waals surface area contributed by atoms with Crippen LogP contribution in [0, 0.1) is 6.92 Å². The number of nitrogen functional groups attached to an aromatic ring is 2. The number of epoxide rings is 1. The average molecular weight is 822 g/mol. The first-order valence-corrected chi connectivity index (χ1v) is 22.4. The lowest BCUT2D eigenvalue weighted by atomic mass is 9.76. The number of nitrogens with zero attached hydrogens (tertiary/aromatic N) is 3. The van der Waals surface area contributed by atoms with Crippen LogP contribution in [0.25, 0.3) is 22.2 Å². The second-order valence-corrected chi connectivity index (χ2v) is 19.1. The molecule has 1 spiro atoms. The van der Waals surface area contributed by atoms with Gasteiger partial charge in [0, 0.05) is 64.5 Å². The summed E-state index contributed by atoms with van der Waals surface area (Å²) >= 11 is 0. The van der Waals surface area contributed by atoms with Crippen LogP contribution in [0.1, 0.15) is 79.5 Å². The van der Waals surface area contributed by atoms with Gasteiger partial charge in [-0.3, -0.25) is 14.7 Å². The van der Waals surface area contributed by atoms with Crippen LogP contribution in [0.5, 0.6) is 11.5 Å². The van der Waals surface area contributed by atoms with Crippen LogP contribution < -0.4 is 26.5 Å². The van der Waals surface area contributed by atoms with Gasteiger partial charge < -0.3 is 35.2 Å². The van der Waals surface area contributed by atoms with E-state index < -0.39 is 29.2 Å². The molecular weight excluding hydrogens is 777 g/mol. The van der Waals surface area contributed by atoms with Crippen molar-refractivity contribution in [2.75, 3.05) is 23.8 Å². The number of esters is 1. The molecule has 6 atom stereocenters. The first-order valence-electron chi connectivity index (χ1n) is 20.0. The van der Waals surface area contributed by atoms with Crippen molar-refractivity contribution in [3.63, 3.8) is 0 Å². The minimum absolute atomic E-state index is 0.0994. The van der Waals surface area contributed by atoms with E-state index in [1.165, 1.54) is 16.5 Å². The third-order valence-electron chi connectivity index (χ3n) is 12.5. The van der Waals surface area contributed by atoms with E-state index in [-0.39, 0.29) is 28.3 Å². The van der Waals surface area contributed by atoms with Crippen molar-refractivity contribution in [2.24, 2.45) is 4.99 Å². The zero-order valence-corrected chi connectivity index (χ0v) is 34.0. The molecule has 13 nitrogen and oxygen atoms in total. The molecule has 6 N–H and O–H groups in total. The number of pyridine rings is 2. The fourth-order valence-electron chi connectivity index (χ4n) is 9.62. The number of rotatable bonds is 2. The molecule has 1 aromatic carbocycles. The number of phenols is 1. The summed E-state index contributed by atoms with van der Waals surface area (Å²) in [5, 5.41) is 11.9. The normalized spacial score (nSPS) is 28.9. The molecular formula is C43H45N6O7S2+. The number of nitrogens with one attached hydrogen (secondary N) is 1. The van der Waals surface area contributed by atoms with Crippen LogP contribution in [0.2, 0.25) is 0 Å². The van der Waals surface area contributed by atoms with Crippen LogP contribution in [0.3, 0.4) is 0 Å². The van der Waals surface area contributed by atoms with E-state index >= 15 is 0 Å². The number of nitrogens with two attached hydrogens (primary N) is 2. The molecule has 0 saturated carbocycles. The third kappa shape index (κ3) is 6.46. The molecule has 0 radical (unpaired) electrons. The molecule has 4 bridgehead atoms. The topological polar surface area (TPSA) is 193 Å². The monoisotopic (exact) mass is 821 g/mol. The molecule has 15 heteroatoms. The number of quaternary nitrogens is 1. The lowest BCUT2D eigenvalue weighted by Crippen LogP contribution is -3.04. The second kappa shape index (κ2) is 14.2. The van der Waals surface area contributed by atoms with Crippen molar-refractivity contribution >= 4 is 56.4 Å². The number of aliphatic imine (C=N–C) groups is 1. The molecule has 6 aliphatic heterocycles. The number of hydrogen-bond acceptors (Lipinski definition) is 14. The van der Waals surface area contributed by atoms with Gasteiger partial charge in [-0.15, -0.1) is 0 Å². The van der Waals surface area contributed by atoms with E-state index in [2.05, 4.69) is 29.4 Å². The lowest BCUT2D eigenvalue weighted by Gasteiger charge is -2.46. The van der Waals surface area contributed by atoms with E-state index in [4.69, 9.17) is 40.1 Å². The zero-order valence-electron chi connectivity index (χ0n) is 32.3. The summed E-state index contributed by atoms with van der Waals surface area (Å²) in [6.07, 6.45) is 9.28. The van der Waals surface area contributed by atoms with Crippen LogP contribution in [-0.4, -0.2) is 63.0 Å². The Morgan fingerprint density at radius 1 is 1.05 bits per heavy atom. The number of carbonyl (C=O) groups excluding carboxylic acids is 1. The number of aromatic hydroxyl groups is 1. The van der Waals surface area contributed by atoms with Gasteiger partial charge in [-0.1, -0.05) is 28.0 Å². The van der Waals surface area contributed by atoms with Crippen molar-refractivity contribution in [3.8, 4) is 22.8 Å². The van der Waals surface area contributed by atoms with Crippen molar-refractivity contribution in [2.45, 2.75) is 100 Å². The number of allylic oxidation sites excluding steroid dienone is 1. The Morgan fingerprint density at radius 3 is 2.79 bits per heavy atom. The maximum absolute atomic E-state index is 14.4. The van der Waals surface area contributed by atoms with E-state index in [0.717, 1.165) is 53.2 Å². The number of fused-ring (bicyclic) bond motifs is 9. The SMILES string of the molecule is Cc1cc(=O)c2c(O)c3c(cc2o1)O[C@@]1(C)CCSSCc2c(cc(C[NH+]4C=C5N=CC=C5C4)nc2N)-c2cc(cc(N)n2)CC[C@H]2O[C@@]24CCCC[C@H]3[C@H]1OC4=O. The van der Waals surface area contributed by atoms with Gasteiger partial charge in [-0.05, 0) is 75.8 Å². The number of phenolic OH excluding ortho intramolecular Hbond substituents is 1. The minimum Gasteiger partial charge on any atom is -0.507 e. The molecule has 9 heterocycles.